The highest BCUT2D eigenvalue weighted by atomic mass is 15.3. The Morgan fingerprint density at radius 2 is 2.06 bits per heavy atom. The number of hydrogen-bond acceptors (Lipinski definition) is 3. The molecule has 2 aromatic rings. The zero-order chi connectivity index (χ0) is 12.0. The van der Waals surface area contributed by atoms with Crippen LogP contribution in [-0.4, -0.2) is 14.8 Å². The van der Waals surface area contributed by atoms with E-state index in [9.17, 15) is 0 Å². The van der Waals surface area contributed by atoms with Crippen LogP contribution in [0.2, 0.25) is 0 Å². The van der Waals surface area contributed by atoms with E-state index in [-0.39, 0.29) is 0 Å². The van der Waals surface area contributed by atoms with Crippen LogP contribution in [-0.2, 0) is 13.0 Å². The summed E-state index contributed by atoms with van der Waals surface area (Å²) in [6.45, 7) is 5.12. The number of anilines is 1. The van der Waals surface area contributed by atoms with Gasteiger partial charge in [0.1, 0.15) is 5.82 Å². The molecule has 0 fully saturated rings. The van der Waals surface area contributed by atoms with Crippen molar-refractivity contribution in [3.8, 4) is 11.4 Å². The molecule has 1 aliphatic rings. The van der Waals surface area contributed by atoms with Crippen LogP contribution in [0.3, 0.4) is 0 Å². The molecule has 17 heavy (non-hydrogen) atoms. The fraction of sp³-hybridized carbons (Fsp3) is 0.385. The minimum Gasteiger partial charge on any atom is -0.398 e. The molecule has 0 spiro atoms. The maximum absolute atomic E-state index is 6.16. The number of benzene rings is 1. The maximum Gasteiger partial charge on any atom is 0.166 e. The lowest BCUT2D eigenvalue weighted by Crippen LogP contribution is -2.01. The van der Waals surface area contributed by atoms with E-state index in [1.54, 1.807) is 0 Å². The molecule has 0 radical (unpaired) electrons. The molecule has 4 heteroatoms. The topological polar surface area (TPSA) is 56.7 Å². The van der Waals surface area contributed by atoms with Crippen LogP contribution in [0.1, 0.15) is 23.4 Å². The zero-order valence-electron chi connectivity index (χ0n) is 10.2. The maximum atomic E-state index is 6.16. The van der Waals surface area contributed by atoms with Crippen molar-refractivity contribution in [2.45, 2.75) is 33.2 Å². The van der Waals surface area contributed by atoms with Gasteiger partial charge in [-0.2, -0.15) is 0 Å². The minimum atomic E-state index is 0.817. The van der Waals surface area contributed by atoms with Crippen molar-refractivity contribution in [1.82, 2.24) is 14.8 Å². The Bertz CT molecular complexity index is 583. The van der Waals surface area contributed by atoms with Gasteiger partial charge in [-0.05, 0) is 37.5 Å². The van der Waals surface area contributed by atoms with Crippen LogP contribution in [0.5, 0.6) is 0 Å². The second-order valence-corrected chi connectivity index (χ2v) is 4.74. The van der Waals surface area contributed by atoms with Gasteiger partial charge in [0.05, 0.1) is 0 Å². The second-order valence-electron chi connectivity index (χ2n) is 4.74. The Morgan fingerprint density at radius 1 is 1.24 bits per heavy atom. The molecule has 0 amide bonds. The Balaban J connectivity index is 2.21. The van der Waals surface area contributed by atoms with Gasteiger partial charge in [0, 0.05) is 24.2 Å². The van der Waals surface area contributed by atoms with Crippen molar-refractivity contribution < 1.29 is 0 Å². The first-order chi connectivity index (χ1) is 8.16. The number of hydrogen-bond donors (Lipinski definition) is 1. The fourth-order valence-corrected chi connectivity index (χ4v) is 2.51. The van der Waals surface area contributed by atoms with E-state index < -0.39 is 0 Å². The molecule has 0 unspecified atom stereocenters. The third-order valence-corrected chi connectivity index (χ3v) is 3.38. The molecule has 2 N–H and O–H groups in total. The number of aromatic nitrogens is 3. The lowest BCUT2D eigenvalue weighted by atomic mass is 10.0. The van der Waals surface area contributed by atoms with E-state index in [1.165, 1.54) is 5.56 Å². The van der Waals surface area contributed by atoms with Gasteiger partial charge < -0.3 is 10.3 Å². The quantitative estimate of drug-likeness (QED) is 0.760. The van der Waals surface area contributed by atoms with Gasteiger partial charge in [0.15, 0.2) is 5.82 Å². The number of fused-ring (bicyclic) bond motifs is 1. The zero-order valence-corrected chi connectivity index (χ0v) is 10.2. The first kappa shape index (κ1) is 10.3. The molecular weight excluding hydrogens is 212 g/mol. The third-order valence-electron chi connectivity index (χ3n) is 3.38. The lowest BCUT2D eigenvalue weighted by molar-refractivity contribution is 0.748. The van der Waals surface area contributed by atoms with Crippen LogP contribution in [0, 0.1) is 13.8 Å². The van der Waals surface area contributed by atoms with Gasteiger partial charge in [-0.15, -0.1) is 10.2 Å². The molecule has 1 aliphatic heterocycles. The molecular formula is C13H16N4. The van der Waals surface area contributed by atoms with E-state index in [2.05, 4.69) is 33.8 Å². The van der Waals surface area contributed by atoms with Crippen molar-refractivity contribution in [2.24, 2.45) is 0 Å². The van der Waals surface area contributed by atoms with Gasteiger partial charge in [-0.1, -0.05) is 6.07 Å². The molecule has 0 aliphatic carbocycles. The monoisotopic (exact) mass is 228 g/mol. The summed E-state index contributed by atoms with van der Waals surface area (Å²) >= 11 is 0. The van der Waals surface area contributed by atoms with Crippen molar-refractivity contribution in [3.05, 3.63) is 29.1 Å². The predicted molar refractivity (Wildman–Crippen MR) is 67.7 cm³/mol. The SMILES string of the molecule is Cc1cc(C)c(N)c(-c2nnc3n2CCC3)c1. The standard InChI is InChI=1S/C13H16N4/c1-8-6-9(2)12(14)10(7-8)13-16-15-11-4-3-5-17(11)13/h6-7H,3-5,14H2,1-2H3. The first-order valence-electron chi connectivity index (χ1n) is 5.96. The summed E-state index contributed by atoms with van der Waals surface area (Å²) in [6, 6.07) is 4.19. The Hall–Kier alpha value is -1.84. The summed E-state index contributed by atoms with van der Waals surface area (Å²) in [6.07, 6.45) is 2.18. The van der Waals surface area contributed by atoms with E-state index >= 15 is 0 Å². The number of nitrogen functional groups attached to an aromatic ring is 1. The van der Waals surface area contributed by atoms with E-state index in [1.807, 2.05) is 6.92 Å². The molecule has 0 atom stereocenters. The van der Waals surface area contributed by atoms with E-state index in [0.717, 1.165) is 47.8 Å². The average Bonchev–Trinajstić information content (AvgIpc) is 2.85. The Morgan fingerprint density at radius 3 is 2.88 bits per heavy atom. The van der Waals surface area contributed by atoms with Crippen molar-refractivity contribution in [3.63, 3.8) is 0 Å². The molecule has 3 rings (SSSR count). The highest BCUT2D eigenvalue weighted by Crippen LogP contribution is 2.30. The van der Waals surface area contributed by atoms with Crippen LogP contribution >= 0.6 is 0 Å². The summed E-state index contributed by atoms with van der Waals surface area (Å²) in [5.74, 6) is 2.00. The van der Waals surface area contributed by atoms with Crippen LogP contribution < -0.4 is 5.73 Å². The number of aryl methyl sites for hydroxylation is 3. The van der Waals surface area contributed by atoms with Gasteiger partial charge in [0.2, 0.25) is 0 Å². The third kappa shape index (κ3) is 1.52. The molecule has 1 aromatic carbocycles. The molecule has 1 aromatic heterocycles. The van der Waals surface area contributed by atoms with E-state index in [4.69, 9.17) is 5.73 Å². The fourth-order valence-electron chi connectivity index (χ4n) is 2.51. The molecule has 88 valence electrons. The van der Waals surface area contributed by atoms with Crippen molar-refractivity contribution in [2.75, 3.05) is 5.73 Å². The molecule has 0 bridgehead atoms. The average molecular weight is 228 g/mol. The highest BCUT2D eigenvalue weighted by Gasteiger charge is 2.20. The summed E-state index contributed by atoms with van der Waals surface area (Å²) in [5, 5.41) is 8.52. The van der Waals surface area contributed by atoms with E-state index in [0.29, 0.717) is 0 Å². The lowest BCUT2D eigenvalue weighted by Gasteiger charge is -2.10. The summed E-state index contributed by atoms with van der Waals surface area (Å²) in [7, 11) is 0. The second kappa shape index (κ2) is 3.58. The van der Waals surface area contributed by atoms with Crippen LogP contribution in [0.25, 0.3) is 11.4 Å². The minimum absolute atomic E-state index is 0.817. The Labute approximate surface area is 100 Å². The Kier molecular flexibility index (Phi) is 2.18. The predicted octanol–water partition coefficient (Wildman–Crippen LogP) is 2.09. The van der Waals surface area contributed by atoms with Crippen LogP contribution in [0.15, 0.2) is 12.1 Å². The number of nitrogens with zero attached hydrogens (tertiary/aromatic N) is 3. The molecule has 2 heterocycles. The molecule has 4 nitrogen and oxygen atoms in total. The highest BCUT2D eigenvalue weighted by molar-refractivity contribution is 5.75. The molecule has 0 saturated heterocycles. The smallest absolute Gasteiger partial charge is 0.166 e. The van der Waals surface area contributed by atoms with Crippen molar-refractivity contribution in [1.29, 1.82) is 0 Å². The first-order valence-corrected chi connectivity index (χ1v) is 5.96. The van der Waals surface area contributed by atoms with Crippen molar-refractivity contribution >= 4 is 5.69 Å². The molecule has 0 saturated carbocycles. The normalized spacial score (nSPS) is 14.0. The van der Waals surface area contributed by atoms with Gasteiger partial charge in [-0.3, -0.25) is 0 Å². The van der Waals surface area contributed by atoms with Gasteiger partial charge >= 0.3 is 0 Å². The summed E-state index contributed by atoms with van der Waals surface area (Å²) in [4.78, 5) is 0. The largest absolute Gasteiger partial charge is 0.398 e. The summed E-state index contributed by atoms with van der Waals surface area (Å²) in [5.41, 5.74) is 10.3. The number of nitrogens with two attached hydrogens (primary N) is 1. The van der Waals surface area contributed by atoms with Gasteiger partial charge in [0.25, 0.3) is 0 Å². The number of rotatable bonds is 1. The summed E-state index contributed by atoms with van der Waals surface area (Å²) < 4.78 is 2.19. The van der Waals surface area contributed by atoms with Crippen LogP contribution in [0.4, 0.5) is 5.69 Å². The van der Waals surface area contributed by atoms with Gasteiger partial charge in [-0.25, -0.2) is 0 Å².